The zero-order valence-corrected chi connectivity index (χ0v) is 13.2. The maximum absolute atomic E-state index is 12.3. The number of H-pyrrole nitrogens is 1. The minimum absolute atomic E-state index is 0.0309. The molecule has 0 fully saturated rings. The fraction of sp³-hybridized carbons (Fsp3) is 0.0625. The molecule has 116 valence electrons. The van der Waals surface area contributed by atoms with Crippen LogP contribution in [0.4, 0.5) is 0 Å². The van der Waals surface area contributed by atoms with Crippen molar-refractivity contribution in [3.63, 3.8) is 0 Å². The van der Waals surface area contributed by atoms with Gasteiger partial charge in [-0.05, 0) is 18.2 Å². The molecule has 0 saturated carbocycles. The van der Waals surface area contributed by atoms with Gasteiger partial charge in [-0.2, -0.15) is 5.10 Å². The summed E-state index contributed by atoms with van der Waals surface area (Å²) in [5, 5.41) is 7.67. The molecule has 5 nitrogen and oxygen atoms in total. The molecule has 0 spiro atoms. The summed E-state index contributed by atoms with van der Waals surface area (Å²) < 4.78 is 5.23. The third kappa shape index (κ3) is 3.06. The lowest BCUT2D eigenvalue weighted by Crippen LogP contribution is -2.16. The third-order valence-corrected chi connectivity index (χ3v) is 4.01. The SMILES string of the molecule is O=C(OCc1c(Cl)cccc1Cl)c1n[nH]c(=O)c2ccccc12. The van der Waals surface area contributed by atoms with E-state index in [2.05, 4.69) is 10.2 Å². The first kappa shape index (κ1) is 15.5. The first-order valence-corrected chi connectivity index (χ1v) is 7.41. The van der Waals surface area contributed by atoms with E-state index in [0.717, 1.165) is 0 Å². The summed E-state index contributed by atoms with van der Waals surface area (Å²) in [6, 6.07) is 11.7. The molecule has 0 radical (unpaired) electrons. The molecule has 0 aliphatic rings. The number of nitrogens with zero attached hydrogens (tertiary/aromatic N) is 1. The van der Waals surface area contributed by atoms with E-state index in [4.69, 9.17) is 27.9 Å². The Labute approximate surface area is 140 Å². The molecule has 0 bridgehead atoms. The Morgan fingerprint density at radius 1 is 1.04 bits per heavy atom. The van der Waals surface area contributed by atoms with Gasteiger partial charge in [-0.15, -0.1) is 0 Å². The van der Waals surface area contributed by atoms with E-state index >= 15 is 0 Å². The van der Waals surface area contributed by atoms with Gasteiger partial charge in [0.2, 0.25) is 0 Å². The number of benzene rings is 2. The number of aromatic amines is 1. The summed E-state index contributed by atoms with van der Waals surface area (Å²) in [6.45, 7) is -0.0908. The van der Waals surface area contributed by atoms with Crippen LogP contribution in [0, 0.1) is 0 Å². The van der Waals surface area contributed by atoms with Gasteiger partial charge in [-0.25, -0.2) is 9.89 Å². The standard InChI is InChI=1S/C16H10Cl2N2O3/c17-12-6-3-7-13(18)11(12)8-23-16(22)14-9-4-1-2-5-10(9)15(21)20-19-14/h1-7H,8H2,(H,20,21). The molecule has 1 N–H and O–H groups in total. The number of fused-ring (bicyclic) bond motifs is 1. The Bertz CT molecular complexity index is 933. The number of nitrogens with one attached hydrogen (secondary N) is 1. The fourth-order valence-electron chi connectivity index (χ4n) is 2.15. The first-order valence-electron chi connectivity index (χ1n) is 6.65. The number of esters is 1. The summed E-state index contributed by atoms with van der Waals surface area (Å²) in [5.41, 5.74) is 0.174. The van der Waals surface area contributed by atoms with Gasteiger partial charge in [0, 0.05) is 21.0 Å². The van der Waals surface area contributed by atoms with Crippen LogP contribution in [0.15, 0.2) is 47.3 Å². The molecule has 23 heavy (non-hydrogen) atoms. The Hall–Kier alpha value is -2.37. The Kier molecular flexibility index (Phi) is 4.32. The van der Waals surface area contributed by atoms with Crippen LogP contribution in [0.3, 0.4) is 0 Å². The van der Waals surface area contributed by atoms with Gasteiger partial charge in [-0.1, -0.05) is 47.5 Å². The van der Waals surface area contributed by atoms with Crippen LogP contribution in [-0.2, 0) is 11.3 Å². The predicted molar refractivity (Wildman–Crippen MR) is 87.9 cm³/mol. The summed E-state index contributed by atoms with van der Waals surface area (Å²) in [7, 11) is 0. The largest absolute Gasteiger partial charge is 0.456 e. The molecular weight excluding hydrogens is 339 g/mol. The van der Waals surface area contributed by atoms with E-state index < -0.39 is 5.97 Å². The second-order valence-electron chi connectivity index (χ2n) is 4.72. The van der Waals surface area contributed by atoms with E-state index in [1.54, 1.807) is 42.5 Å². The van der Waals surface area contributed by atoms with Crippen molar-refractivity contribution in [1.82, 2.24) is 10.2 Å². The van der Waals surface area contributed by atoms with Crippen molar-refractivity contribution in [2.75, 3.05) is 0 Å². The summed E-state index contributed by atoms with van der Waals surface area (Å²) in [5.74, 6) is -0.673. The van der Waals surface area contributed by atoms with E-state index in [-0.39, 0.29) is 17.9 Å². The van der Waals surface area contributed by atoms with Crippen molar-refractivity contribution >= 4 is 39.9 Å². The summed E-state index contributed by atoms with van der Waals surface area (Å²) in [6.07, 6.45) is 0. The minimum atomic E-state index is -0.673. The minimum Gasteiger partial charge on any atom is -0.456 e. The second kappa shape index (κ2) is 6.40. The highest BCUT2D eigenvalue weighted by molar-refractivity contribution is 6.35. The summed E-state index contributed by atoms with van der Waals surface area (Å²) in [4.78, 5) is 24.0. The van der Waals surface area contributed by atoms with Crippen LogP contribution in [0.1, 0.15) is 16.1 Å². The lowest BCUT2D eigenvalue weighted by molar-refractivity contribution is 0.0467. The molecule has 0 aliphatic carbocycles. The van der Waals surface area contributed by atoms with Crippen molar-refractivity contribution in [1.29, 1.82) is 0 Å². The molecule has 0 saturated heterocycles. The zero-order chi connectivity index (χ0) is 16.4. The molecule has 0 amide bonds. The highest BCUT2D eigenvalue weighted by Crippen LogP contribution is 2.25. The number of carbonyl (C=O) groups is 1. The molecule has 7 heteroatoms. The maximum atomic E-state index is 12.3. The van der Waals surface area contributed by atoms with Crippen LogP contribution < -0.4 is 5.56 Å². The molecule has 3 aromatic rings. The van der Waals surface area contributed by atoms with Crippen LogP contribution in [0.2, 0.25) is 10.0 Å². The number of hydrogen-bond donors (Lipinski definition) is 1. The third-order valence-electron chi connectivity index (χ3n) is 3.30. The highest BCUT2D eigenvalue weighted by Gasteiger charge is 2.16. The van der Waals surface area contributed by atoms with E-state index in [1.807, 2.05) is 0 Å². The van der Waals surface area contributed by atoms with E-state index in [0.29, 0.717) is 26.4 Å². The number of rotatable bonds is 3. The Morgan fingerprint density at radius 3 is 2.39 bits per heavy atom. The molecule has 2 aromatic carbocycles. The lowest BCUT2D eigenvalue weighted by atomic mass is 10.1. The molecule has 3 rings (SSSR count). The van der Waals surface area contributed by atoms with E-state index in [9.17, 15) is 9.59 Å². The molecule has 0 aliphatic heterocycles. The molecule has 0 unspecified atom stereocenters. The van der Waals surface area contributed by atoms with Crippen molar-refractivity contribution < 1.29 is 9.53 Å². The van der Waals surface area contributed by atoms with Gasteiger partial charge in [0.15, 0.2) is 5.69 Å². The van der Waals surface area contributed by atoms with Crippen molar-refractivity contribution in [3.8, 4) is 0 Å². The summed E-state index contributed by atoms with van der Waals surface area (Å²) >= 11 is 12.1. The fourth-order valence-corrected chi connectivity index (χ4v) is 2.65. The topological polar surface area (TPSA) is 72.0 Å². The van der Waals surface area contributed by atoms with Crippen LogP contribution >= 0.6 is 23.2 Å². The van der Waals surface area contributed by atoms with E-state index in [1.165, 1.54) is 0 Å². The number of hydrogen-bond acceptors (Lipinski definition) is 4. The predicted octanol–water partition coefficient (Wildman–Crippen LogP) is 3.59. The van der Waals surface area contributed by atoms with Gasteiger partial charge in [-0.3, -0.25) is 4.79 Å². The Morgan fingerprint density at radius 2 is 1.70 bits per heavy atom. The smallest absolute Gasteiger partial charge is 0.359 e. The van der Waals surface area contributed by atoms with Crippen molar-refractivity contribution in [2.24, 2.45) is 0 Å². The van der Waals surface area contributed by atoms with Gasteiger partial charge >= 0.3 is 5.97 Å². The number of aromatic nitrogens is 2. The van der Waals surface area contributed by atoms with Gasteiger partial charge in [0.25, 0.3) is 5.56 Å². The van der Waals surface area contributed by atoms with Crippen molar-refractivity contribution in [2.45, 2.75) is 6.61 Å². The first-order chi connectivity index (χ1) is 11.1. The monoisotopic (exact) mass is 348 g/mol. The lowest BCUT2D eigenvalue weighted by Gasteiger charge is -2.09. The maximum Gasteiger partial charge on any atom is 0.359 e. The van der Waals surface area contributed by atoms with Gasteiger partial charge in [0.05, 0.1) is 5.39 Å². The van der Waals surface area contributed by atoms with Crippen LogP contribution in [0.25, 0.3) is 10.8 Å². The number of ether oxygens (including phenoxy) is 1. The molecule has 0 atom stereocenters. The number of carbonyl (C=O) groups excluding carboxylic acids is 1. The molecule has 1 heterocycles. The zero-order valence-electron chi connectivity index (χ0n) is 11.7. The van der Waals surface area contributed by atoms with Gasteiger partial charge < -0.3 is 4.74 Å². The molecular formula is C16H10Cl2N2O3. The van der Waals surface area contributed by atoms with Gasteiger partial charge in [0.1, 0.15) is 6.61 Å². The normalized spacial score (nSPS) is 10.7. The average molecular weight is 349 g/mol. The van der Waals surface area contributed by atoms with Crippen molar-refractivity contribution in [3.05, 3.63) is 74.1 Å². The molecule has 1 aromatic heterocycles. The highest BCUT2D eigenvalue weighted by atomic mass is 35.5. The Balaban J connectivity index is 1.90. The van der Waals surface area contributed by atoms with Crippen LogP contribution in [-0.4, -0.2) is 16.2 Å². The number of halogens is 2. The quantitative estimate of drug-likeness (QED) is 0.734. The van der Waals surface area contributed by atoms with Crippen LogP contribution in [0.5, 0.6) is 0 Å². The second-order valence-corrected chi connectivity index (χ2v) is 5.54. The average Bonchev–Trinajstić information content (AvgIpc) is 2.55.